The molecule has 0 unspecified atom stereocenters. The fourth-order valence-electron chi connectivity index (χ4n) is 2.48. The Balaban J connectivity index is 2.12. The molecule has 0 fully saturated rings. The molecule has 1 N–H and O–H groups in total. The van der Waals surface area contributed by atoms with Crippen molar-refractivity contribution in [1.29, 1.82) is 0 Å². The van der Waals surface area contributed by atoms with E-state index < -0.39 is 0 Å². The first-order valence-corrected chi connectivity index (χ1v) is 9.35. The van der Waals surface area contributed by atoms with Gasteiger partial charge in [0.2, 0.25) is 0 Å². The largest absolute Gasteiger partial charge is 0.372 e. The van der Waals surface area contributed by atoms with Gasteiger partial charge in [0.15, 0.2) is 0 Å². The van der Waals surface area contributed by atoms with Crippen molar-refractivity contribution in [2.24, 2.45) is 5.10 Å². The van der Waals surface area contributed by atoms with Gasteiger partial charge in [0.1, 0.15) is 0 Å². The fraction of sp³-hybridized carbons (Fsp3) is 0.263. The molecule has 0 aromatic heterocycles. The molecule has 0 saturated carbocycles. The highest BCUT2D eigenvalue weighted by atomic mass is 35.5. The van der Waals surface area contributed by atoms with Crippen molar-refractivity contribution in [2.45, 2.75) is 20.8 Å². The van der Waals surface area contributed by atoms with Crippen LogP contribution < -0.4 is 10.3 Å². The molecule has 4 nitrogen and oxygen atoms in total. The van der Waals surface area contributed by atoms with E-state index in [1.165, 1.54) is 0 Å². The molecule has 0 aliphatic heterocycles. The van der Waals surface area contributed by atoms with E-state index in [0.29, 0.717) is 26.9 Å². The molecule has 0 aliphatic rings. The molecule has 0 radical (unpaired) electrons. The number of hydrogen-bond acceptors (Lipinski definition) is 3. The number of hydrogen-bond donors (Lipinski definition) is 1. The Morgan fingerprint density at radius 2 is 1.62 bits per heavy atom. The molecule has 2 aromatic carbocycles. The van der Waals surface area contributed by atoms with E-state index >= 15 is 0 Å². The van der Waals surface area contributed by atoms with Crippen LogP contribution in [0.5, 0.6) is 0 Å². The van der Waals surface area contributed by atoms with E-state index in [4.69, 9.17) is 34.8 Å². The monoisotopic (exact) mass is 411 g/mol. The van der Waals surface area contributed by atoms with E-state index in [-0.39, 0.29) is 10.9 Å². The van der Waals surface area contributed by atoms with Crippen molar-refractivity contribution in [3.63, 3.8) is 0 Å². The van der Waals surface area contributed by atoms with Gasteiger partial charge in [-0.2, -0.15) is 5.10 Å². The third kappa shape index (κ3) is 4.70. The maximum Gasteiger partial charge on any atom is 0.271 e. The summed E-state index contributed by atoms with van der Waals surface area (Å²) in [6.07, 6.45) is 0. The van der Waals surface area contributed by atoms with E-state index in [1.807, 2.05) is 12.1 Å². The van der Waals surface area contributed by atoms with Gasteiger partial charge in [0.25, 0.3) is 5.91 Å². The fourth-order valence-corrected chi connectivity index (χ4v) is 3.15. The predicted octanol–water partition coefficient (Wildman–Crippen LogP) is 5.65. The average Bonchev–Trinajstić information content (AvgIpc) is 2.65. The van der Waals surface area contributed by atoms with E-state index in [1.54, 1.807) is 31.2 Å². The summed E-state index contributed by atoms with van der Waals surface area (Å²) in [4.78, 5) is 14.5. The second-order valence-corrected chi connectivity index (χ2v) is 6.74. The van der Waals surface area contributed by atoms with Gasteiger partial charge in [0.05, 0.1) is 20.8 Å². The molecule has 0 spiro atoms. The lowest BCUT2D eigenvalue weighted by Crippen LogP contribution is -2.22. The Hall–Kier alpha value is -1.75. The summed E-state index contributed by atoms with van der Waals surface area (Å²) in [6.45, 7) is 7.74. The van der Waals surface area contributed by atoms with Gasteiger partial charge in [-0.3, -0.25) is 4.79 Å². The summed E-state index contributed by atoms with van der Waals surface area (Å²) < 4.78 is 0. The molecule has 0 atom stereocenters. The molecule has 0 bridgehead atoms. The van der Waals surface area contributed by atoms with Crippen molar-refractivity contribution in [3.8, 4) is 0 Å². The Bertz CT molecular complexity index is 816. The van der Waals surface area contributed by atoms with Crippen LogP contribution in [0, 0.1) is 0 Å². The first-order chi connectivity index (χ1) is 12.4. The second-order valence-electron chi connectivity index (χ2n) is 5.58. The first kappa shape index (κ1) is 20.6. The van der Waals surface area contributed by atoms with Crippen molar-refractivity contribution >= 4 is 52.1 Å². The van der Waals surface area contributed by atoms with Gasteiger partial charge < -0.3 is 4.90 Å². The Kier molecular flexibility index (Phi) is 7.33. The van der Waals surface area contributed by atoms with Crippen LogP contribution in [-0.2, 0) is 0 Å². The summed E-state index contributed by atoms with van der Waals surface area (Å²) in [5.74, 6) is -0.299. The SMILES string of the molecule is CCN(CC)c1ccc(C(=O)N/N=C(/C)c2ccc(Cl)c(Cl)c2Cl)cc1. The summed E-state index contributed by atoms with van der Waals surface area (Å²) in [7, 11) is 0. The number of carbonyl (C=O) groups is 1. The van der Waals surface area contributed by atoms with Crippen LogP contribution in [-0.4, -0.2) is 24.7 Å². The normalized spacial score (nSPS) is 11.4. The van der Waals surface area contributed by atoms with E-state index in [0.717, 1.165) is 18.8 Å². The quantitative estimate of drug-likeness (QED) is 0.379. The zero-order valence-electron chi connectivity index (χ0n) is 14.8. The minimum atomic E-state index is -0.299. The minimum Gasteiger partial charge on any atom is -0.372 e. The van der Waals surface area contributed by atoms with Gasteiger partial charge in [0, 0.05) is 29.9 Å². The van der Waals surface area contributed by atoms with Crippen molar-refractivity contribution in [2.75, 3.05) is 18.0 Å². The molecular weight excluding hydrogens is 393 g/mol. The van der Waals surface area contributed by atoms with Crippen LogP contribution in [0.1, 0.15) is 36.7 Å². The molecule has 2 rings (SSSR count). The number of anilines is 1. The minimum absolute atomic E-state index is 0.263. The van der Waals surface area contributed by atoms with E-state index in [2.05, 4.69) is 29.3 Å². The lowest BCUT2D eigenvalue weighted by molar-refractivity contribution is 0.0955. The molecule has 0 saturated heterocycles. The maximum atomic E-state index is 12.3. The maximum absolute atomic E-state index is 12.3. The number of nitrogens with one attached hydrogen (secondary N) is 1. The molecule has 26 heavy (non-hydrogen) atoms. The number of amides is 1. The zero-order valence-corrected chi connectivity index (χ0v) is 17.1. The number of nitrogens with zero attached hydrogens (tertiary/aromatic N) is 2. The van der Waals surface area contributed by atoms with Gasteiger partial charge in [-0.1, -0.05) is 40.9 Å². The smallest absolute Gasteiger partial charge is 0.271 e. The Morgan fingerprint density at radius 1 is 1.00 bits per heavy atom. The molecule has 1 amide bonds. The summed E-state index contributed by atoms with van der Waals surface area (Å²) in [6, 6.07) is 10.8. The number of hydrazone groups is 1. The standard InChI is InChI=1S/C19H20Cl3N3O/c1-4-25(5-2)14-8-6-13(7-9-14)19(26)24-23-12(3)15-10-11-16(20)18(22)17(15)21/h6-11H,4-5H2,1-3H3,(H,24,26)/b23-12-. The number of halogens is 3. The molecule has 0 heterocycles. The molecule has 7 heteroatoms. The summed E-state index contributed by atoms with van der Waals surface area (Å²) in [5, 5.41) is 5.05. The van der Waals surface area contributed by atoms with Gasteiger partial charge in [-0.25, -0.2) is 5.43 Å². The molecule has 0 aliphatic carbocycles. The van der Waals surface area contributed by atoms with Crippen molar-refractivity contribution in [1.82, 2.24) is 5.43 Å². The summed E-state index contributed by atoms with van der Waals surface area (Å²) >= 11 is 18.1. The third-order valence-electron chi connectivity index (χ3n) is 4.01. The van der Waals surface area contributed by atoms with Crippen LogP contribution >= 0.6 is 34.8 Å². The molecule has 138 valence electrons. The first-order valence-electron chi connectivity index (χ1n) is 8.22. The van der Waals surface area contributed by atoms with Gasteiger partial charge >= 0.3 is 0 Å². The Labute approximate surface area is 168 Å². The van der Waals surface area contributed by atoms with Gasteiger partial charge in [-0.05, 0) is 51.1 Å². The number of rotatable bonds is 6. The molecule has 2 aromatic rings. The second kappa shape index (κ2) is 9.26. The third-order valence-corrected chi connectivity index (χ3v) is 5.30. The van der Waals surface area contributed by atoms with Crippen molar-refractivity contribution in [3.05, 3.63) is 62.6 Å². The zero-order chi connectivity index (χ0) is 19.3. The van der Waals surface area contributed by atoms with Crippen LogP contribution in [0.3, 0.4) is 0 Å². The Morgan fingerprint density at radius 3 is 2.19 bits per heavy atom. The average molecular weight is 413 g/mol. The van der Waals surface area contributed by atoms with Crippen LogP contribution in [0.2, 0.25) is 15.1 Å². The van der Waals surface area contributed by atoms with Crippen LogP contribution in [0.25, 0.3) is 0 Å². The highest BCUT2D eigenvalue weighted by Gasteiger charge is 2.12. The van der Waals surface area contributed by atoms with Gasteiger partial charge in [-0.15, -0.1) is 0 Å². The number of carbonyl (C=O) groups excluding carboxylic acids is 1. The van der Waals surface area contributed by atoms with Crippen LogP contribution in [0.4, 0.5) is 5.69 Å². The van der Waals surface area contributed by atoms with Crippen molar-refractivity contribution < 1.29 is 4.79 Å². The highest BCUT2D eigenvalue weighted by molar-refractivity contribution is 6.49. The predicted molar refractivity (Wildman–Crippen MR) is 111 cm³/mol. The highest BCUT2D eigenvalue weighted by Crippen LogP contribution is 2.32. The lowest BCUT2D eigenvalue weighted by atomic mass is 10.1. The number of benzene rings is 2. The van der Waals surface area contributed by atoms with E-state index in [9.17, 15) is 4.79 Å². The topological polar surface area (TPSA) is 44.7 Å². The summed E-state index contributed by atoms with van der Waals surface area (Å²) in [5.41, 5.74) is 5.28. The van der Waals surface area contributed by atoms with Crippen LogP contribution in [0.15, 0.2) is 41.5 Å². The molecular formula is C19H20Cl3N3O. The lowest BCUT2D eigenvalue weighted by Gasteiger charge is -2.20.